The van der Waals surface area contributed by atoms with Crippen LogP contribution in [0.4, 0.5) is 0 Å². The predicted molar refractivity (Wildman–Crippen MR) is 423 cm³/mol. The first kappa shape index (κ1) is 75.3. The molecule has 4 nitrogen and oxygen atoms in total. The van der Waals surface area contributed by atoms with E-state index in [1.807, 2.05) is 48.7 Å². The van der Waals surface area contributed by atoms with Crippen LogP contribution >= 0.6 is 0 Å². The number of rotatable bonds is 27. The molecule has 59 heteroatoms. The molecule has 56 radical (unpaired) electrons. The van der Waals surface area contributed by atoms with Gasteiger partial charge in [-0.05, 0) is 58.0 Å². The number of pyridine rings is 1. The Bertz CT molecular complexity index is 2370. The van der Waals surface area contributed by atoms with Gasteiger partial charge < -0.3 is 13.7 Å². The normalized spacial score (nSPS) is 12.6. The van der Waals surface area contributed by atoms with Crippen molar-refractivity contribution < 1.29 is 13.7 Å². The van der Waals surface area contributed by atoms with Gasteiger partial charge in [0.1, 0.15) is 11.2 Å². The molecular weight excluding hydrogens is 933 g/mol. The van der Waals surface area contributed by atoms with Crippen molar-refractivity contribution in [3.8, 4) is 11.3 Å². The Morgan fingerprint density at radius 3 is 0.902 bits per heavy atom. The van der Waals surface area contributed by atoms with Crippen molar-refractivity contribution in [1.82, 2.24) is 4.98 Å². The third kappa shape index (κ3) is 17.9. The topological polar surface area (TPSA) is 44.5 Å². The second-order valence-electron chi connectivity index (χ2n) is 23.4. The Hall–Kier alpha value is 0.881. The zero-order valence-corrected chi connectivity index (χ0v) is 47.7. The first-order valence-electron chi connectivity index (χ1n) is 27.2. The molecule has 2 aromatic carbocycles. The lowest BCUT2D eigenvalue weighted by atomic mass is 8.24. The first-order valence-corrected chi connectivity index (χ1v) is 27.2. The van der Waals surface area contributed by atoms with Gasteiger partial charge in [0.25, 0.3) is 0 Å². The maximum Gasteiger partial charge on any atom is 0.496 e. The highest BCUT2D eigenvalue weighted by Crippen LogP contribution is 2.37. The van der Waals surface area contributed by atoms with Crippen molar-refractivity contribution in [3.05, 3.63) is 60.8 Å². The lowest BCUT2D eigenvalue weighted by molar-refractivity contribution is 0.00578. The van der Waals surface area contributed by atoms with Gasteiger partial charge in [0.2, 0.25) is 0 Å². The molecule has 5 rings (SSSR count). The fourth-order valence-electron chi connectivity index (χ4n) is 12.8. The molecule has 0 aliphatic carbocycles. The second-order valence-corrected chi connectivity index (χ2v) is 23.4. The average Bonchev–Trinajstić information content (AvgIpc) is 3.80. The van der Waals surface area contributed by atoms with Crippen LogP contribution in [0.25, 0.3) is 33.2 Å². The molecule has 0 N–H and O–H groups in total. The SMILES string of the molecule is CC1(C)OB(c2ccc(-c3ccc4oc5ccccc5c4c3)nc2)OC1(C)C.[B]B([B])B(B([B])[B])B(B(B([B])[B])B([B])[B])B(B(B([B])[B])B([B])[B])B(B(B(B([B])[B])B([B])[B])B(B([B])[B])B([B])[B])B(B(B([B])[B])B([B])[B])B(B([B])[B])B([B])[B]. The summed E-state index contributed by atoms with van der Waals surface area (Å²) < 4.78 is 18.1. The monoisotopic (exact) mass is 966 g/mol. The van der Waals surface area contributed by atoms with Crippen LogP contribution in [0.2, 0.25) is 0 Å². The maximum atomic E-state index is 6.57. The van der Waals surface area contributed by atoms with Crippen LogP contribution in [-0.2, 0) is 9.31 Å². The molecule has 1 saturated heterocycles. The Morgan fingerprint density at radius 1 is 0.329 bits per heavy atom. The molecule has 0 amide bonds. The van der Waals surface area contributed by atoms with Crippen molar-refractivity contribution in [1.29, 1.82) is 0 Å². The highest BCUT2D eigenvalue weighted by Gasteiger charge is 2.61. The van der Waals surface area contributed by atoms with Gasteiger partial charge in [-0.2, -0.15) is 0 Å². The van der Waals surface area contributed by atoms with Gasteiger partial charge in [-0.1, -0.05) is 24.3 Å². The molecule has 4 aromatic rings. The largest absolute Gasteiger partial charge is 0.496 e. The van der Waals surface area contributed by atoms with E-state index in [4.69, 9.17) is 230 Å². The summed E-state index contributed by atoms with van der Waals surface area (Å²) in [7, 11) is 181. The van der Waals surface area contributed by atoms with Crippen molar-refractivity contribution in [3.63, 3.8) is 0 Å². The van der Waals surface area contributed by atoms with E-state index in [9.17, 15) is 0 Å². The van der Waals surface area contributed by atoms with E-state index in [0.29, 0.717) is 0 Å². The van der Waals surface area contributed by atoms with Crippen LogP contribution in [0.5, 0.6) is 0 Å². The number of hydrogen-bond acceptors (Lipinski definition) is 4. The Balaban J connectivity index is 0.000000423. The van der Waals surface area contributed by atoms with Crippen LogP contribution in [0.15, 0.2) is 65.2 Å². The van der Waals surface area contributed by atoms with Gasteiger partial charge in [0.05, 0.1) is 16.9 Å². The van der Waals surface area contributed by atoms with E-state index in [1.54, 1.807) is 0 Å². The van der Waals surface area contributed by atoms with E-state index in [1.165, 1.54) is 0 Å². The number of fused-ring (bicyclic) bond motifs is 3. The minimum atomic E-state index is -1.44. The number of hydrogen-bond donors (Lipinski definition) is 0. The standard InChI is InChI=1S/C23H22BNO3.B54/c1-22(2)23(3,4)28-24(27-22)16-10-11-19(25-14-16)15-9-12-21-18(13-15)17-7-5-6-8-20(17)26-21;1-29(2)43(30(3)4)50(44(31(5)6)32(7)8)53(49(41(25)26)42(27)28)54(51(45(33(9)10)34(11)12)46(35(13)14)36(15)16)52(47(37(17)18)38(19)20)48(39(21)22)40(23)24/h5-14H,1-4H3;. The number of aromatic nitrogens is 1. The van der Waals surface area contributed by atoms with Crippen LogP contribution in [0.1, 0.15) is 27.7 Å². The van der Waals surface area contributed by atoms with Gasteiger partial charge in [0, 0.05) is 411 Å². The fraction of sp³-hybridized carbons (Fsp3) is 0.261. The summed E-state index contributed by atoms with van der Waals surface area (Å²) in [5.74, 6) is 0. The Kier molecular flexibility index (Phi) is 29.6. The molecule has 0 saturated carbocycles. The van der Waals surface area contributed by atoms with Crippen LogP contribution in [-0.4, -0.2) is 406 Å². The van der Waals surface area contributed by atoms with Gasteiger partial charge in [-0.25, -0.2) is 0 Å². The van der Waals surface area contributed by atoms with Gasteiger partial charge in [-0.15, -0.1) is 0 Å². The third-order valence-corrected chi connectivity index (χ3v) is 17.1. The van der Waals surface area contributed by atoms with Crippen molar-refractivity contribution in [2.24, 2.45) is 0 Å². The molecule has 1 aliphatic rings. The molecule has 1 fully saturated rings. The highest BCUT2D eigenvalue weighted by molar-refractivity contribution is 8.36. The van der Waals surface area contributed by atoms with E-state index >= 15 is 0 Å². The summed E-state index contributed by atoms with van der Waals surface area (Å²) >= 11 is 0. The average molecular weight is 955 g/mol. The highest BCUT2D eigenvalue weighted by atomic mass is 16.7. The lowest BCUT2D eigenvalue weighted by Crippen LogP contribution is -2.96. The van der Waals surface area contributed by atoms with Crippen LogP contribution in [0.3, 0.4) is 0 Å². The summed E-state index contributed by atoms with van der Waals surface area (Å²) in [6.07, 6.45) is -33.2. The quantitative estimate of drug-likeness (QED) is 0.0559. The van der Waals surface area contributed by atoms with Crippen molar-refractivity contribution in [2.75, 3.05) is 0 Å². The maximum absolute atomic E-state index is 6.57. The third-order valence-electron chi connectivity index (χ3n) is 17.1. The van der Waals surface area contributed by atoms with Gasteiger partial charge >= 0.3 is 7.12 Å². The number of para-hydroxylation sites is 1. The summed E-state index contributed by atoms with van der Waals surface area (Å²) in [6, 6.07) is 18.3. The summed E-state index contributed by atoms with van der Waals surface area (Å²) in [4.78, 5) is 4.67. The van der Waals surface area contributed by atoms with E-state index in [-0.39, 0.29) is 11.2 Å². The van der Waals surface area contributed by atoms with E-state index < -0.39 is 173 Å². The number of nitrogens with zero attached hydrogens (tertiary/aromatic N) is 1. The van der Waals surface area contributed by atoms with Crippen molar-refractivity contribution in [2.45, 2.75) is 38.9 Å². The van der Waals surface area contributed by atoms with E-state index in [0.717, 1.165) is 38.7 Å². The molecule has 0 spiro atoms. The zero-order valence-electron chi connectivity index (χ0n) is 47.7. The fourth-order valence-corrected chi connectivity index (χ4v) is 12.8. The van der Waals surface area contributed by atoms with Crippen molar-refractivity contribution >= 4 is 417 Å². The molecule has 0 bridgehead atoms. The molecule has 82 heavy (non-hydrogen) atoms. The molecular formula is C23H22B55NO3. The molecule has 3 heterocycles. The molecule has 0 unspecified atom stereocenters. The summed E-state index contributed by atoms with van der Waals surface area (Å²) in [6.45, 7) is 8.22. The smallest absolute Gasteiger partial charge is 0.456 e. The van der Waals surface area contributed by atoms with Crippen LogP contribution < -0.4 is 5.46 Å². The van der Waals surface area contributed by atoms with Gasteiger partial charge in [-0.3, -0.25) is 4.98 Å². The van der Waals surface area contributed by atoms with Gasteiger partial charge in [0.15, 0.2) is 0 Å². The second kappa shape index (κ2) is 32.2. The summed E-state index contributed by atoms with van der Waals surface area (Å²) in [5, 5.41) is 2.22. The zero-order chi connectivity index (χ0) is 62.5. The molecule has 0 atom stereocenters. The first-order chi connectivity index (χ1) is 37.8. The number of furan rings is 1. The minimum absolute atomic E-state index is 0.357. The lowest BCUT2D eigenvalue weighted by Gasteiger charge is -2.58. The van der Waals surface area contributed by atoms with Crippen LogP contribution in [0, 0.1) is 0 Å². The summed E-state index contributed by atoms with van der Waals surface area (Å²) in [5.41, 5.74) is 3.97. The molecule has 1 aliphatic heterocycles. The Labute approximate surface area is 542 Å². The van der Waals surface area contributed by atoms with E-state index in [2.05, 4.69) is 44.8 Å². The Morgan fingerprint density at radius 2 is 0.610 bits per heavy atom. The molecule has 2 aromatic heterocycles. The minimum Gasteiger partial charge on any atom is -0.456 e. The number of benzene rings is 2. The molecule has 302 valence electrons. The predicted octanol–water partition coefficient (Wildman–Crippen LogP) is -15.6.